The molecule has 0 saturated carbocycles. The van der Waals surface area contributed by atoms with Crippen LogP contribution in [0.4, 0.5) is 0 Å². The number of rotatable bonds is 4. The van der Waals surface area contributed by atoms with Gasteiger partial charge < -0.3 is 5.32 Å². The lowest BCUT2D eigenvalue weighted by Crippen LogP contribution is -2.24. The van der Waals surface area contributed by atoms with Gasteiger partial charge in [-0.2, -0.15) is 0 Å². The second kappa shape index (κ2) is 5.60. The summed E-state index contributed by atoms with van der Waals surface area (Å²) in [4.78, 5) is 15.3. The van der Waals surface area contributed by atoms with Crippen LogP contribution in [-0.2, 0) is 0 Å². The van der Waals surface area contributed by atoms with Gasteiger partial charge in [-0.25, -0.2) is 4.98 Å². The topological polar surface area (TPSA) is 42.0 Å². The lowest BCUT2D eigenvalue weighted by atomic mass is 10.2. The Balaban J connectivity index is 2.56. The van der Waals surface area contributed by atoms with E-state index in [-0.39, 0.29) is 11.1 Å². The van der Waals surface area contributed by atoms with Gasteiger partial charge in [0.15, 0.2) is 0 Å². The first-order chi connectivity index (χ1) is 6.75. The van der Waals surface area contributed by atoms with E-state index in [1.165, 1.54) is 0 Å². The largest absolute Gasteiger partial charge is 0.352 e. The fraction of sp³-hybridized carbons (Fsp3) is 0.400. The van der Waals surface area contributed by atoms with E-state index in [1.807, 2.05) is 0 Å². The fourth-order valence-corrected chi connectivity index (χ4v) is 1.23. The summed E-state index contributed by atoms with van der Waals surface area (Å²) < 4.78 is 0. The zero-order valence-corrected chi connectivity index (χ0v) is 8.84. The summed E-state index contributed by atoms with van der Waals surface area (Å²) in [6.45, 7) is 2.75. The Morgan fingerprint density at radius 2 is 2.43 bits per heavy atom. The third-order valence-corrected chi connectivity index (χ3v) is 2.12. The average Bonchev–Trinajstić information content (AvgIpc) is 2.18. The fourth-order valence-electron chi connectivity index (χ4n) is 1.03. The predicted molar refractivity (Wildman–Crippen MR) is 56.5 cm³/mol. The van der Waals surface area contributed by atoms with Crippen LogP contribution in [0.2, 0.25) is 5.15 Å². The summed E-state index contributed by atoms with van der Waals surface area (Å²) in [5.74, 6) is -0.156. The number of pyridine rings is 1. The first-order valence-electron chi connectivity index (χ1n) is 4.64. The minimum absolute atomic E-state index is 0.156. The van der Waals surface area contributed by atoms with Gasteiger partial charge in [-0.3, -0.25) is 4.79 Å². The monoisotopic (exact) mass is 212 g/mol. The molecule has 0 spiro atoms. The second-order valence-electron chi connectivity index (χ2n) is 2.95. The van der Waals surface area contributed by atoms with Gasteiger partial charge in [0.25, 0.3) is 5.91 Å². The molecule has 0 fully saturated rings. The van der Waals surface area contributed by atoms with E-state index in [1.54, 1.807) is 18.3 Å². The highest BCUT2D eigenvalue weighted by atomic mass is 35.5. The normalized spacial score (nSPS) is 9.86. The maximum atomic E-state index is 11.5. The molecule has 0 bridgehead atoms. The van der Waals surface area contributed by atoms with Crippen LogP contribution >= 0.6 is 11.6 Å². The van der Waals surface area contributed by atoms with Crippen molar-refractivity contribution in [1.29, 1.82) is 0 Å². The standard InChI is InChI=1S/C10H13ClN2O/c1-2-3-6-13-10(14)8-5-4-7-12-9(8)11/h4-5,7H,2-3,6H2,1H3,(H,13,14). The van der Waals surface area contributed by atoms with Crippen LogP contribution in [0.5, 0.6) is 0 Å². The lowest BCUT2D eigenvalue weighted by molar-refractivity contribution is 0.0953. The Kier molecular flexibility index (Phi) is 4.40. The van der Waals surface area contributed by atoms with Crippen LogP contribution in [0.15, 0.2) is 18.3 Å². The van der Waals surface area contributed by atoms with Crippen molar-refractivity contribution in [1.82, 2.24) is 10.3 Å². The highest BCUT2D eigenvalue weighted by Crippen LogP contribution is 2.10. The molecule has 0 aliphatic carbocycles. The lowest BCUT2D eigenvalue weighted by Gasteiger charge is -2.04. The zero-order valence-electron chi connectivity index (χ0n) is 8.09. The van der Waals surface area contributed by atoms with Gasteiger partial charge in [0.05, 0.1) is 5.56 Å². The summed E-state index contributed by atoms with van der Waals surface area (Å²) in [6, 6.07) is 3.36. The maximum absolute atomic E-state index is 11.5. The van der Waals surface area contributed by atoms with Crippen molar-refractivity contribution in [2.24, 2.45) is 0 Å². The van der Waals surface area contributed by atoms with Crippen LogP contribution in [0.3, 0.4) is 0 Å². The first-order valence-corrected chi connectivity index (χ1v) is 5.02. The SMILES string of the molecule is CCCCNC(=O)c1cccnc1Cl. The van der Waals surface area contributed by atoms with Crippen LogP contribution < -0.4 is 5.32 Å². The number of carbonyl (C=O) groups is 1. The summed E-state index contributed by atoms with van der Waals surface area (Å²) in [5, 5.41) is 3.03. The van der Waals surface area contributed by atoms with Crippen molar-refractivity contribution in [2.45, 2.75) is 19.8 Å². The molecule has 0 saturated heterocycles. The van der Waals surface area contributed by atoms with Gasteiger partial charge in [-0.05, 0) is 18.6 Å². The Bertz CT molecular complexity index is 315. The van der Waals surface area contributed by atoms with Gasteiger partial charge in [-0.1, -0.05) is 24.9 Å². The third kappa shape index (κ3) is 3.00. The van der Waals surface area contributed by atoms with Crippen LogP contribution in [0.1, 0.15) is 30.1 Å². The minimum atomic E-state index is -0.156. The van der Waals surface area contributed by atoms with Crippen molar-refractivity contribution in [3.63, 3.8) is 0 Å². The van der Waals surface area contributed by atoms with Gasteiger partial charge in [0, 0.05) is 12.7 Å². The molecule has 0 aromatic carbocycles. The smallest absolute Gasteiger partial charge is 0.254 e. The summed E-state index contributed by atoms with van der Waals surface area (Å²) >= 11 is 5.76. The van der Waals surface area contributed by atoms with E-state index in [0.29, 0.717) is 12.1 Å². The third-order valence-electron chi connectivity index (χ3n) is 1.82. The van der Waals surface area contributed by atoms with E-state index in [9.17, 15) is 4.79 Å². The summed E-state index contributed by atoms with van der Waals surface area (Å²) in [7, 11) is 0. The minimum Gasteiger partial charge on any atom is -0.352 e. The Labute approximate surface area is 88.5 Å². The molecule has 1 aromatic heterocycles. The van der Waals surface area contributed by atoms with E-state index < -0.39 is 0 Å². The highest BCUT2D eigenvalue weighted by Gasteiger charge is 2.08. The van der Waals surface area contributed by atoms with E-state index >= 15 is 0 Å². The van der Waals surface area contributed by atoms with Crippen molar-refractivity contribution in [3.8, 4) is 0 Å². The van der Waals surface area contributed by atoms with Crippen LogP contribution in [0.25, 0.3) is 0 Å². The molecule has 3 nitrogen and oxygen atoms in total. The van der Waals surface area contributed by atoms with Crippen molar-refractivity contribution in [3.05, 3.63) is 29.0 Å². The van der Waals surface area contributed by atoms with Crippen LogP contribution in [0, 0.1) is 0 Å². The molecule has 76 valence electrons. The zero-order chi connectivity index (χ0) is 10.4. The predicted octanol–water partition coefficient (Wildman–Crippen LogP) is 2.26. The number of unbranched alkanes of at least 4 members (excludes halogenated alkanes) is 1. The quantitative estimate of drug-likeness (QED) is 0.615. The number of hydrogen-bond donors (Lipinski definition) is 1. The second-order valence-corrected chi connectivity index (χ2v) is 3.31. The molecule has 1 amide bonds. The summed E-state index contributed by atoms with van der Waals surface area (Å²) in [5.41, 5.74) is 0.435. The van der Waals surface area contributed by atoms with E-state index in [2.05, 4.69) is 17.2 Å². The molecule has 0 aliphatic rings. The van der Waals surface area contributed by atoms with Crippen molar-refractivity contribution < 1.29 is 4.79 Å². The molecule has 0 unspecified atom stereocenters. The molecular weight excluding hydrogens is 200 g/mol. The molecule has 14 heavy (non-hydrogen) atoms. The average molecular weight is 213 g/mol. The number of hydrogen-bond acceptors (Lipinski definition) is 2. The van der Waals surface area contributed by atoms with Crippen molar-refractivity contribution in [2.75, 3.05) is 6.54 Å². The number of nitrogens with zero attached hydrogens (tertiary/aromatic N) is 1. The van der Waals surface area contributed by atoms with Crippen LogP contribution in [-0.4, -0.2) is 17.4 Å². The van der Waals surface area contributed by atoms with E-state index in [0.717, 1.165) is 12.8 Å². The number of carbonyl (C=O) groups excluding carboxylic acids is 1. The molecule has 0 aliphatic heterocycles. The Hall–Kier alpha value is -1.09. The molecule has 1 rings (SSSR count). The number of halogens is 1. The molecule has 1 N–H and O–H groups in total. The molecular formula is C10H13ClN2O. The number of aromatic nitrogens is 1. The Morgan fingerprint density at radius 1 is 1.64 bits per heavy atom. The van der Waals surface area contributed by atoms with Gasteiger partial charge >= 0.3 is 0 Å². The van der Waals surface area contributed by atoms with Gasteiger partial charge in [0.1, 0.15) is 5.15 Å². The molecule has 0 atom stereocenters. The van der Waals surface area contributed by atoms with Crippen molar-refractivity contribution >= 4 is 17.5 Å². The van der Waals surface area contributed by atoms with Gasteiger partial charge in [0.2, 0.25) is 0 Å². The van der Waals surface area contributed by atoms with E-state index in [4.69, 9.17) is 11.6 Å². The van der Waals surface area contributed by atoms with Gasteiger partial charge in [-0.15, -0.1) is 0 Å². The highest BCUT2D eigenvalue weighted by molar-refractivity contribution is 6.32. The molecule has 1 heterocycles. The Morgan fingerprint density at radius 3 is 3.07 bits per heavy atom. The molecule has 4 heteroatoms. The number of amides is 1. The maximum Gasteiger partial charge on any atom is 0.254 e. The number of nitrogens with one attached hydrogen (secondary N) is 1. The summed E-state index contributed by atoms with van der Waals surface area (Å²) in [6.07, 6.45) is 3.59. The molecule has 1 aromatic rings. The molecule has 0 radical (unpaired) electrons. The first kappa shape index (κ1) is 11.0.